The predicted molar refractivity (Wildman–Crippen MR) is 79.0 cm³/mol. The Morgan fingerprint density at radius 1 is 1.43 bits per heavy atom. The normalized spacial score (nSPS) is 11.0. The summed E-state index contributed by atoms with van der Waals surface area (Å²) in [6, 6.07) is 4.38. The molecule has 0 heterocycles. The Balaban J connectivity index is 3.32. The van der Waals surface area contributed by atoms with Gasteiger partial charge in [-0.15, -0.1) is 0 Å². The summed E-state index contributed by atoms with van der Waals surface area (Å²) < 4.78 is 5.29. The Morgan fingerprint density at radius 3 is 2.48 bits per heavy atom. The number of aliphatic carboxylic acids is 1. The second-order valence-electron chi connectivity index (χ2n) is 4.95. The monoisotopic (exact) mass is 296 g/mol. The van der Waals surface area contributed by atoms with E-state index in [4.69, 9.17) is 4.74 Å². The number of benzene rings is 1. The molecule has 1 aromatic carbocycles. The number of nitro groups is 1. The van der Waals surface area contributed by atoms with Crippen LogP contribution in [0.5, 0.6) is 5.75 Å². The van der Waals surface area contributed by atoms with Crippen LogP contribution in [0, 0.1) is 10.1 Å². The van der Waals surface area contributed by atoms with Crippen molar-refractivity contribution in [2.75, 3.05) is 18.1 Å². The van der Waals surface area contributed by atoms with Gasteiger partial charge >= 0.3 is 11.7 Å². The number of hydrogen-bond donors (Lipinski definition) is 1. The van der Waals surface area contributed by atoms with Gasteiger partial charge in [0.15, 0.2) is 5.75 Å². The number of nitro benzene ring substituents is 1. The van der Waals surface area contributed by atoms with Gasteiger partial charge in [0.2, 0.25) is 0 Å². The number of likely N-dealkylation sites (N-methyl/N-ethyl adjacent to an activating group) is 1. The summed E-state index contributed by atoms with van der Waals surface area (Å²) >= 11 is 0. The summed E-state index contributed by atoms with van der Waals surface area (Å²) in [7, 11) is 0. The number of carboxylic acids is 1. The summed E-state index contributed by atoms with van der Waals surface area (Å²) in [6.45, 7) is 7.46. The fraction of sp³-hybridized carbons (Fsp3) is 0.500. The fourth-order valence-electron chi connectivity index (χ4n) is 2.11. The number of nitrogens with zero attached hydrogens (tertiary/aromatic N) is 2. The van der Waals surface area contributed by atoms with E-state index in [-0.39, 0.29) is 11.4 Å². The molecule has 1 rings (SSSR count). The minimum atomic E-state index is -1.13. The zero-order valence-electron chi connectivity index (χ0n) is 12.6. The van der Waals surface area contributed by atoms with Crippen LogP contribution in [0.2, 0.25) is 0 Å². The van der Waals surface area contributed by atoms with Crippen molar-refractivity contribution >= 4 is 17.3 Å². The molecule has 7 nitrogen and oxygen atoms in total. The van der Waals surface area contributed by atoms with E-state index in [9.17, 15) is 20.0 Å². The van der Waals surface area contributed by atoms with Crippen molar-refractivity contribution in [3.8, 4) is 5.75 Å². The van der Waals surface area contributed by atoms with Gasteiger partial charge in [0.1, 0.15) is 5.54 Å². The van der Waals surface area contributed by atoms with Crippen molar-refractivity contribution in [3.05, 3.63) is 28.3 Å². The molecule has 21 heavy (non-hydrogen) atoms. The second-order valence-corrected chi connectivity index (χ2v) is 4.95. The Bertz CT molecular complexity index is 542. The van der Waals surface area contributed by atoms with E-state index < -0.39 is 16.4 Å². The summed E-state index contributed by atoms with van der Waals surface area (Å²) in [5.74, 6) is -0.833. The molecule has 116 valence electrons. The van der Waals surface area contributed by atoms with Gasteiger partial charge in [0, 0.05) is 24.4 Å². The van der Waals surface area contributed by atoms with Crippen molar-refractivity contribution in [3.63, 3.8) is 0 Å². The molecule has 0 saturated heterocycles. The molecular weight excluding hydrogens is 276 g/mol. The molecule has 0 amide bonds. The lowest BCUT2D eigenvalue weighted by Crippen LogP contribution is -2.50. The second kappa shape index (κ2) is 6.43. The van der Waals surface area contributed by atoms with Crippen molar-refractivity contribution in [2.45, 2.75) is 33.2 Å². The maximum absolute atomic E-state index is 11.4. The molecule has 0 spiro atoms. The first kappa shape index (κ1) is 16.7. The van der Waals surface area contributed by atoms with E-state index >= 15 is 0 Å². The summed E-state index contributed by atoms with van der Waals surface area (Å²) in [6.07, 6.45) is 0. The molecule has 0 bridgehead atoms. The van der Waals surface area contributed by atoms with E-state index in [0.29, 0.717) is 18.8 Å². The Morgan fingerprint density at radius 2 is 2.05 bits per heavy atom. The van der Waals surface area contributed by atoms with Crippen LogP contribution in [0.3, 0.4) is 0 Å². The maximum atomic E-state index is 11.4. The number of carboxylic acid groups (broad SMARTS) is 1. The van der Waals surface area contributed by atoms with Gasteiger partial charge in [-0.3, -0.25) is 10.1 Å². The highest BCUT2D eigenvalue weighted by atomic mass is 16.6. The van der Waals surface area contributed by atoms with Crippen LogP contribution < -0.4 is 9.64 Å². The smallest absolute Gasteiger partial charge is 0.328 e. The van der Waals surface area contributed by atoms with Gasteiger partial charge < -0.3 is 14.7 Å². The van der Waals surface area contributed by atoms with E-state index in [1.807, 2.05) is 6.92 Å². The molecule has 0 aromatic heterocycles. The highest BCUT2D eigenvalue weighted by Gasteiger charge is 2.34. The minimum absolute atomic E-state index is 0.134. The summed E-state index contributed by atoms with van der Waals surface area (Å²) in [5.41, 5.74) is -0.697. The lowest BCUT2D eigenvalue weighted by molar-refractivity contribution is -0.385. The zero-order chi connectivity index (χ0) is 16.2. The highest BCUT2D eigenvalue weighted by Crippen LogP contribution is 2.34. The third kappa shape index (κ3) is 3.42. The van der Waals surface area contributed by atoms with Crippen LogP contribution in [0.1, 0.15) is 27.7 Å². The number of ether oxygens (including phenoxy) is 1. The fourth-order valence-corrected chi connectivity index (χ4v) is 2.11. The first-order valence-corrected chi connectivity index (χ1v) is 6.67. The Kier molecular flexibility index (Phi) is 5.12. The van der Waals surface area contributed by atoms with Gasteiger partial charge in [-0.25, -0.2) is 4.79 Å². The SMILES string of the molecule is CCOc1cc(N(CC)C(C)(C)C(=O)O)ccc1[N+](=O)[O-]. The number of carbonyl (C=O) groups is 1. The van der Waals surface area contributed by atoms with Crippen LogP contribution in [0.15, 0.2) is 18.2 Å². The van der Waals surface area contributed by atoms with Crippen LogP contribution in [0.4, 0.5) is 11.4 Å². The van der Waals surface area contributed by atoms with Crippen molar-refractivity contribution in [1.29, 1.82) is 0 Å². The predicted octanol–water partition coefficient (Wildman–Crippen LogP) is 2.68. The van der Waals surface area contributed by atoms with E-state index in [1.165, 1.54) is 18.2 Å². The molecule has 0 radical (unpaired) electrons. The molecule has 0 aliphatic carbocycles. The summed E-state index contributed by atoms with van der Waals surface area (Å²) in [5, 5.41) is 20.3. The van der Waals surface area contributed by atoms with Crippen molar-refractivity contribution in [2.24, 2.45) is 0 Å². The molecule has 0 atom stereocenters. The Hall–Kier alpha value is -2.31. The maximum Gasteiger partial charge on any atom is 0.328 e. The lowest BCUT2D eigenvalue weighted by atomic mass is 10.0. The molecule has 1 N–H and O–H groups in total. The topological polar surface area (TPSA) is 92.9 Å². The zero-order valence-corrected chi connectivity index (χ0v) is 12.6. The first-order chi connectivity index (χ1) is 9.75. The van der Waals surface area contributed by atoms with Gasteiger partial charge in [0.25, 0.3) is 0 Å². The van der Waals surface area contributed by atoms with Crippen LogP contribution in [-0.2, 0) is 4.79 Å². The minimum Gasteiger partial charge on any atom is -0.487 e. The number of anilines is 1. The van der Waals surface area contributed by atoms with Crippen molar-refractivity contribution < 1.29 is 19.6 Å². The Labute approximate surface area is 123 Å². The molecule has 0 aliphatic heterocycles. The van der Waals surface area contributed by atoms with E-state index in [1.54, 1.807) is 25.7 Å². The van der Waals surface area contributed by atoms with Gasteiger partial charge in [-0.2, -0.15) is 0 Å². The number of rotatable bonds is 7. The van der Waals surface area contributed by atoms with E-state index in [2.05, 4.69) is 0 Å². The highest BCUT2D eigenvalue weighted by molar-refractivity contribution is 5.83. The van der Waals surface area contributed by atoms with Crippen LogP contribution in [-0.4, -0.2) is 34.7 Å². The van der Waals surface area contributed by atoms with Crippen LogP contribution >= 0.6 is 0 Å². The summed E-state index contributed by atoms with van der Waals surface area (Å²) in [4.78, 5) is 23.5. The van der Waals surface area contributed by atoms with Gasteiger partial charge in [-0.1, -0.05) is 0 Å². The standard InChI is InChI=1S/C14H20N2O5/c1-5-15(14(3,4)13(17)18)10-7-8-11(16(19)20)12(9-10)21-6-2/h7-9H,5-6H2,1-4H3,(H,17,18). The third-order valence-corrected chi connectivity index (χ3v) is 3.27. The molecular formula is C14H20N2O5. The molecule has 0 fully saturated rings. The first-order valence-electron chi connectivity index (χ1n) is 6.67. The molecule has 0 unspecified atom stereocenters. The molecule has 7 heteroatoms. The van der Waals surface area contributed by atoms with Gasteiger partial charge in [-0.05, 0) is 33.8 Å². The quantitative estimate of drug-likeness (QED) is 0.614. The largest absolute Gasteiger partial charge is 0.487 e. The average molecular weight is 296 g/mol. The lowest BCUT2D eigenvalue weighted by Gasteiger charge is -2.36. The third-order valence-electron chi connectivity index (χ3n) is 3.27. The van der Waals surface area contributed by atoms with Crippen LogP contribution in [0.25, 0.3) is 0 Å². The number of hydrogen-bond acceptors (Lipinski definition) is 5. The van der Waals surface area contributed by atoms with Gasteiger partial charge in [0.05, 0.1) is 11.5 Å². The molecule has 0 saturated carbocycles. The molecule has 1 aromatic rings. The average Bonchev–Trinajstić information content (AvgIpc) is 2.39. The van der Waals surface area contributed by atoms with Crippen molar-refractivity contribution in [1.82, 2.24) is 0 Å². The molecule has 0 aliphatic rings. The van der Waals surface area contributed by atoms with E-state index in [0.717, 1.165) is 0 Å².